The van der Waals surface area contributed by atoms with E-state index in [9.17, 15) is 0 Å². The average molecular weight is 269 g/mol. The van der Waals surface area contributed by atoms with E-state index in [1.54, 1.807) is 6.20 Å². The van der Waals surface area contributed by atoms with E-state index in [0.717, 1.165) is 15.7 Å². The second kappa shape index (κ2) is 4.11. The van der Waals surface area contributed by atoms with Gasteiger partial charge in [-0.05, 0) is 18.2 Å². The number of rotatable bonds is 1. The molecule has 0 atom stereocenters. The minimum Gasteiger partial charge on any atom is -0.255 e. The smallest absolute Gasteiger partial charge is 0.0899 e. The van der Waals surface area contributed by atoms with E-state index in [2.05, 4.69) is 20.9 Å². The van der Waals surface area contributed by atoms with Crippen LogP contribution < -0.4 is 0 Å². The topological polar surface area (TPSA) is 12.9 Å². The van der Waals surface area contributed by atoms with Crippen molar-refractivity contribution in [3.63, 3.8) is 0 Å². The second-order valence-electron chi connectivity index (χ2n) is 2.81. The van der Waals surface area contributed by atoms with Gasteiger partial charge in [-0.15, -0.1) is 0 Å². The maximum Gasteiger partial charge on any atom is 0.0899 e. The fourth-order valence-corrected chi connectivity index (χ4v) is 1.93. The summed E-state index contributed by atoms with van der Waals surface area (Å²) in [6.45, 7) is 0. The maximum absolute atomic E-state index is 6.05. The molecule has 70 valence electrons. The van der Waals surface area contributed by atoms with Gasteiger partial charge in [0.25, 0.3) is 0 Å². The molecule has 0 N–H and O–H groups in total. The summed E-state index contributed by atoms with van der Waals surface area (Å²) in [5.74, 6) is 0. The van der Waals surface area contributed by atoms with Crippen LogP contribution in [0.15, 0.2) is 47.1 Å². The maximum atomic E-state index is 6.05. The largest absolute Gasteiger partial charge is 0.255 e. The van der Waals surface area contributed by atoms with Crippen LogP contribution in [0.2, 0.25) is 5.02 Å². The van der Waals surface area contributed by atoms with Crippen molar-refractivity contribution in [1.82, 2.24) is 4.98 Å². The minimum atomic E-state index is 0.666. The Morgan fingerprint density at radius 2 is 1.86 bits per heavy atom. The summed E-state index contributed by atoms with van der Waals surface area (Å²) in [6, 6.07) is 11.5. The van der Waals surface area contributed by atoms with Crippen LogP contribution in [0.1, 0.15) is 0 Å². The fourth-order valence-electron chi connectivity index (χ4n) is 1.24. The second-order valence-corrected chi connectivity index (χ2v) is 4.08. The highest BCUT2D eigenvalue weighted by atomic mass is 79.9. The molecule has 0 amide bonds. The molecule has 14 heavy (non-hydrogen) atoms. The number of benzene rings is 1. The lowest BCUT2D eigenvalue weighted by Crippen LogP contribution is -1.84. The van der Waals surface area contributed by atoms with Crippen molar-refractivity contribution >= 4 is 27.5 Å². The van der Waals surface area contributed by atoms with Gasteiger partial charge < -0.3 is 0 Å². The quantitative estimate of drug-likeness (QED) is 0.756. The lowest BCUT2D eigenvalue weighted by atomic mass is 10.1. The van der Waals surface area contributed by atoms with Gasteiger partial charge in [0.15, 0.2) is 0 Å². The Balaban J connectivity index is 2.61. The van der Waals surface area contributed by atoms with Gasteiger partial charge in [0.2, 0.25) is 0 Å². The van der Waals surface area contributed by atoms with Crippen LogP contribution in [0.5, 0.6) is 0 Å². The molecule has 0 saturated heterocycles. The lowest BCUT2D eigenvalue weighted by molar-refractivity contribution is 1.32. The molecule has 1 heterocycles. The zero-order valence-electron chi connectivity index (χ0n) is 7.24. The summed E-state index contributed by atoms with van der Waals surface area (Å²) >= 11 is 9.52. The highest BCUT2D eigenvalue weighted by Crippen LogP contribution is 2.30. The molecule has 0 fully saturated rings. The van der Waals surface area contributed by atoms with Crippen LogP contribution >= 0.6 is 27.5 Å². The molecule has 2 aromatic rings. The standard InChI is InChI=1S/C11H7BrClN/c12-9-5-2-1-4-8(9)11-10(13)6-3-7-14-11/h1-7H. The van der Waals surface area contributed by atoms with Crippen LogP contribution in [0.25, 0.3) is 11.3 Å². The molecule has 3 heteroatoms. The number of nitrogens with zero attached hydrogens (tertiary/aromatic N) is 1. The number of halogens is 2. The molecular formula is C11H7BrClN. The summed E-state index contributed by atoms with van der Waals surface area (Å²) in [5.41, 5.74) is 1.82. The highest BCUT2D eigenvalue weighted by molar-refractivity contribution is 9.10. The Labute approximate surface area is 95.9 Å². The predicted octanol–water partition coefficient (Wildman–Crippen LogP) is 4.16. The first kappa shape index (κ1) is 9.69. The monoisotopic (exact) mass is 267 g/mol. The molecule has 0 aliphatic carbocycles. The van der Waals surface area contributed by atoms with Crippen molar-refractivity contribution in [2.45, 2.75) is 0 Å². The first-order chi connectivity index (χ1) is 6.79. The van der Waals surface area contributed by atoms with Gasteiger partial charge in [0.05, 0.1) is 10.7 Å². The van der Waals surface area contributed by atoms with Gasteiger partial charge in [0, 0.05) is 16.2 Å². The third-order valence-corrected chi connectivity index (χ3v) is 2.88. The van der Waals surface area contributed by atoms with Gasteiger partial charge in [-0.2, -0.15) is 0 Å². The van der Waals surface area contributed by atoms with E-state index in [1.165, 1.54) is 0 Å². The van der Waals surface area contributed by atoms with Crippen LogP contribution in [-0.4, -0.2) is 4.98 Å². The van der Waals surface area contributed by atoms with E-state index < -0.39 is 0 Å². The lowest BCUT2D eigenvalue weighted by Gasteiger charge is -2.04. The summed E-state index contributed by atoms with van der Waals surface area (Å²) in [6.07, 6.45) is 1.74. The van der Waals surface area contributed by atoms with Crippen LogP contribution in [-0.2, 0) is 0 Å². The van der Waals surface area contributed by atoms with Gasteiger partial charge >= 0.3 is 0 Å². The number of hydrogen-bond donors (Lipinski definition) is 0. The van der Waals surface area contributed by atoms with Crippen molar-refractivity contribution in [1.29, 1.82) is 0 Å². The Hall–Kier alpha value is -0.860. The molecule has 0 radical (unpaired) electrons. The average Bonchev–Trinajstić information content (AvgIpc) is 2.20. The Bertz CT molecular complexity index is 413. The van der Waals surface area contributed by atoms with E-state index in [0.29, 0.717) is 5.02 Å². The van der Waals surface area contributed by atoms with E-state index in [1.807, 2.05) is 36.4 Å². The third-order valence-electron chi connectivity index (χ3n) is 1.89. The molecule has 0 spiro atoms. The Morgan fingerprint density at radius 3 is 2.57 bits per heavy atom. The normalized spacial score (nSPS) is 10.1. The Morgan fingerprint density at radius 1 is 1.07 bits per heavy atom. The van der Waals surface area contributed by atoms with Crippen LogP contribution in [0.3, 0.4) is 0 Å². The summed E-state index contributed by atoms with van der Waals surface area (Å²) in [5, 5.41) is 0.666. The summed E-state index contributed by atoms with van der Waals surface area (Å²) < 4.78 is 1.00. The number of pyridine rings is 1. The van der Waals surface area contributed by atoms with Gasteiger partial charge in [-0.3, -0.25) is 4.98 Å². The van der Waals surface area contributed by atoms with E-state index >= 15 is 0 Å². The zero-order valence-corrected chi connectivity index (χ0v) is 9.59. The molecule has 0 aliphatic heterocycles. The van der Waals surface area contributed by atoms with Crippen LogP contribution in [0, 0.1) is 0 Å². The van der Waals surface area contributed by atoms with Crippen molar-refractivity contribution in [3.05, 3.63) is 52.1 Å². The third kappa shape index (κ3) is 1.81. The highest BCUT2D eigenvalue weighted by Gasteiger charge is 2.06. The van der Waals surface area contributed by atoms with E-state index in [4.69, 9.17) is 11.6 Å². The first-order valence-corrected chi connectivity index (χ1v) is 5.31. The molecule has 0 unspecified atom stereocenters. The molecule has 1 nitrogen and oxygen atoms in total. The van der Waals surface area contributed by atoms with Crippen LogP contribution in [0.4, 0.5) is 0 Å². The summed E-state index contributed by atoms with van der Waals surface area (Å²) in [4.78, 5) is 4.25. The SMILES string of the molecule is Clc1cccnc1-c1ccccc1Br. The molecule has 1 aromatic carbocycles. The van der Waals surface area contributed by atoms with Gasteiger partial charge in [-0.1, -0.05) is 45.7 Å². The minimum absolute atomic E-state index is 0.666. The molecular weight excluding hydrogens is 261 g/mol. The molecule has 0 bridgehead atoms. The predicted molar refractivity (Wildman–Crippen MR) is 62.4 cm³/mol. The van der Waals surface area contributed by atoms with Crippen molar-refractivity contribution in [2.24, 2.45) is 0 Å². The van der Waals surface area contributed by atoms with Crippen molar-refractivity contribution in [3.8, 4) is 11.3 Å². The van der Waals surface area contributed by atoms with Crippen molar-refractivity contribution < 1.29 is 0 Å². The number of aromatic nitrogens is 1. The van der Waals surface area contributed by atoms with Gasteiger partial charge in [-0.25, -0.2) is 0 Å². The molecule has 1 aromatic heterocycles. The molecule has 2 rings (SSSR count). The zero-order chi connectivity index (χ0) is 9.97. The Kier molecular flexibility index (Phi) is 2.85. The van der Waals surface area contributed by atoms with Crippen molar-refractivity contribution in [2.75, 3.05) is 0 Å². The fraction of sp³-hybridized carbons (Fsp3) is 0. The number of hydrogen-bond acceptors (Lipinski definition) is 1. The summed E-state index contributed by atoms with van der Waals surface area (Å²) in [7, 11) is 0. The molecule has 0 saturated carbocycles. The van der Waals surface area contributed by atoms with Gasteiger partial charge in [0.1, 0.15) is 0 Å². The molecule has 0 aliphatic rings. The van der Waals surface area contributed by atoms with E-state index in [-0.39, 0.29) is 0 Å². The first-order valence-electron chi connectivity index (χ1n) is 4.14.